The molecule has 0 aliphatic rings. The van der Waals surface area contributed by atoms with Gasteiger partial charge in [0.2, 0.25) is 0 Å². The van der Waals surface area contributed by atoms with Crippen molar-refractivity contribution in [1.29, 1.82) is 0 Å². The van der Waals surface area contributed by atoms with Crippen LogP contribution in [0.25, 0.3) is 0 Å². The van der Waals surface area contributed by atoms with Crippen molar-refractivity contribution in [3.63, 3.8) is 0 Å². The molecule has 1 heterocycles. The van der Waals surface area contributed by atoms with Gasteiger partial charge in [-0.25, -0.2) is 12.8 Å². The Morgan fingerprint density at radius 1 is 1.22 bits per heavy atom. The van der Waals surface area contributed by atoms with E-state index in [-0.39, 0.29) is 11.4 Å². The zero-order valence-corrected chi connectivity index (χ0v) is 10.9. The number of halogens is 1. The van der Waals surface area contributed by atoms with Gasteiger partial charge in [-0.05, 0) is 35.7 Å². The lowest BCUT2D eigenvalue weighted by Crippen LogP contribution is -2.14. The second-order valence-corrected chi connectivity index (χ2v) is 6.18. The Labute approximate surface area is 108 Å². The van der Waals surface area contributed by atoms with Gasteiger partial charge in [0.05, 0.1) is 0 Å². The lowest BCUT2D eigenvalue weighted by atomic mass is 10.3. The van der Waals surface area contributed by atoms with Crippen LogP contribution in [0.3, 0.4) is 0 Å². The highest BCUT2D eigenvalue weighted by atomic mass is 32.2. The molecule has 96 valence electrons. The van der Waals surface area contributed by atoms with Crippen molar-refractivity contribution in [3.8, 4) is 0 Å². The van der Waals surface area contributed by atoms with E-state index in [1.807, 2.05) is 0 Å². The van der Waals surface area contributed by atoms with Crippen molar-refractivity contribution in [2.45, 2.75) is 11.4 Å². The molecule has 2 rings (SSSR count). The number of thiophene rings is 1. The molecule has 0 fully saturated rings. The van der Waals surface area contributed by atoms with E-state index in [1.54, 1.807) is 5.38 Å². The fourth-order valence-corrected chi connectivity index (χ4v) is 3.84. The van der Waals surface area contributed by atoms with Crippen LogP contribution in [0.2, 0.25) is 0 Å². The minimum atomic E-state index is -3.67. The molecule has 1 aromatic carbocycles. The normalized spacial score (nSPS) is 11.4. The van der Waals surface area contributed by atoms with Crippen LogP contribution in [-0.2, 0) is 16.6 Å². The molecule has 0 saturated heterocycles. The minimum absolute atomic E-state index is 0.164. The average molecular weight is 286 g/mol. The number of benzene rings is 1. The summed E-state index contributed by atoms with van der Waals surface area (Å²) in [5, 5.41) is 1.67. The zero-order valence-electron chi connectivity index (χ0n) is 9.26. The number of rotatable bonds is 4. The quantitative estimate of drug-likeness (QED) is 0.904. The molecule has 0 saturated carbocycles. The van der Waals surface area contributed by atoms with Gasteiger partial charge in [-0.1, -0.05) is 0 Å². The van der Waals surface area contributed by atoms with Crippen molar-refractivity contribution in [1.82, 2.24) is 0 Å². The first kappa shape index (κ1) is 13.0. The summed E-state index contributed by atoms with van der Waals surface area (Å²) in [5.41, 5.74) is 5.78. The van der Waals surface area contributed by atoms with Gasteiger partial charge >= 0.3 is 0 Å². The highest BCUT2D eigenvalue weighted by Gasteiger charge is 2.19. The van der Waals surface area contributed by atoms with Crippen LogP contribution in [-0.4, -0.2) is 8.42 Å². The lowest BCUT2D eigenvalue weighted by Gasteiger charge is -2.08. The van der Waals surface area contributed by atoms with Gasteiger partial charge in [0.25, 0.3) is 10.0 Å². The van der Waals surface area contributed by atoms with Gasteiger partial charge in [0.15, 0.2) is 0 Å². The first-order valence-corrected chi connectivity index (χ1v) is 7.44. The standard InChI is InChI=1S/C11H11FN2O2S2/c12-8-1-3-9(4-2-8)14-18(15,16)11-5-6-17-10(11)7-13/h1-6,14H,7,13H2. The number of anilines is 1. The average Bonchev–Trinajstić information content (AvgIpc) is 2.81. The van der Waals surface area contributed by atoms with E-state index in [0.717, 1.165) is 0 Å². The van der Waals surface area contributed by atoms with Gasteiger partial charge in [-0.2, -0.15) is 0 Å². The summed E-state index contributed by atoms with van der Waals surface area (Å²) < 4.78 is 39.2. The monoisotopic (exact) mass is 286 g/mol. The van der Waals surface area contributed by atoms with E-state index >= 15 is 0 Å². The fraction of sp³-hybridized carbons (Fsp3) is 0.0909. The van der Waals surface area contributed by atoms with Crippen LogP contribution in [0.15, 0.2) is 40.6 Å². The number of nitrogens with two attached hydrogens (primary N) is 1. The SMILES string of the molecule is NCc1sccc1S(=O)(=O)Nc1ccc(F)cc1. The van der Waals surface area contributed by atoms with Gasteiger partial charge in [-0.15, -0.1) is 11.3 Å². The van der Waals surface area contributed by atoms with E-state index in [4.69, 9.17) is 5.73 Å². The maximum Gasteiger partial charge on any atom is 0.263 e. The molecule has 0 atom stereocenters. The maximum absolute atomic E-state index is 12.7. The van der Waals surface area contributed by atoms with Crippen molar-refractivity contribution in [2.24, 2.45) is 5.73 Å². The third kappa shape index (κ3) is 2.69. The second kappa shape index (κ2) is 5.05. The molecule has 18 heavy (non-hydrogen) atoms. The van der Waals surface area contributed by atoms with Crippen molar-refractivity contribution < 1.29 is 12.8 Å². The summed E-state index contributed by atoms with van der Waals surface area (Å²) in [6.45, 7) is 0.164. The molecule has 7 heteroatoms. The lowest BCUT2D eigenvalue weighted by molar-refractivity contribution is 0.600. The predicted octanol–water partition coefficient (Wildman–Crippen LogP) is 2.15. The van der Waals surface area contributed by atoms with Gasteiger partial charge < -0.3 is 5.73 Å². The first-order valence-electron chi connectivity index (χ1n) is 5.08. The van der Waals surface area contributed by atoms with Crippen LogP contribution in [0.1, 0.15) is 4.88 Å². The van der Waals surface area contributed by atoms with Gasteiger partial charge in [0, 0.05) is 17.1 Å². The summed E-state index contributed by atoms with van der Waals surface area (Å²) in [7, 11) is -3.67. The predicted molar refractivity (Wildman–Crippen MR) is 69.4 cm³/mol. The number of hydrogen-bond acceptors (Lipinski definition) is 4. The van der Waals surface area contributed by atoms with Crippen LogP contribution >= 0.6 is 11.3 Å². The Balaban J connectivity index is 2.30. The highest BCUT2D eigenvalue weighted by molar-refractivity contribution is 7.93. The Hall–Kier alpha value is -1.44. The van der Waals surface area contributed by atoms with E-state index in [0.29, 0.717) is 10.6 Å². The van der Waals surface area contributed by atoms with Crippen molar-refractivity contribution in [2.75, 3.05) is 4.72 Å². The van der Waals surface area contributed by atoms with E-state index < -0.39 is 15.8 Å². The van der Waals surface area contributed by atoms with Gasteiger partial charge in [-0.3, -0.25) is 4.72 Å². The molecule has 0 unspecified atom stereocenters. The Morgan fingerprint density at radius 2 is 1.89 bits per heavy atom. The summed E-state index contributed by atoms with van der Waals surface area (Å²) in [5.74, 6) is -0.420. The molecule has 0 amide bonds. The van der Waals surface area contributed by atoms with Crippen molar-refractivity contribution in [3.05, 3.63) is 46.4 Å². The molecule has 0 aliphatic carbocycles. The van der Waals surface area contributed by atoms with E-state index in [9.17, 15) is 12.8 Å². The molecule has 0 bridgehead atoms. The first-order chi connectivity index (χ1) is 8.53. The molecule has 0 spiro atoms. The second-order valence-electron chi connectivity index (χ2n) is 3.52. The van der Waals surface area contributed by atoms with Crippen molar-refractivity contribution >= 4 is 27.0 Å². The number of hydrogen-bond donors (Lipinski definition) is 2. The summed E-state index contributed by atoms with van der Waals surface area (Å²) >= 11 is 1.29. The maximum atomic E-state index is 12.7. The molecule has 1 aromatic heterocycles. The van der Waals surface area contributed by atoms with Gasteiger partial charge in [0.1, 0.15) is 10.7 Å². The zero-order chi connectivity index (χ0) is 13.2. The molecular weight excluding hydrogens is 275 g/mol. The molecule has 3 N–H and O–H groups in total. The number of sulfonamides is 1. The summed E-state index contributed by atoms with van der Waals surface area (Å²) in [6.07, 6.45) is 0. The van der Waals surface area contributed by atoms with E-state index in [1.165, 1.54) is 41.7 Å². The Kier molecular flexibility index (Phi) is 3.65. The topological polar surface area (TPSA) is 72.2 Å². The molecule has 0 radical (unpaired) electrons. The smallest absolute Gasteiger partial charge is 0.263 e. The third-order valence-electron chi connectivity index (χ3n) is 2.28. The van der Waals surface area contributed by atoms with Crippen LogP contribution in [0, 0.1) is 5.82 Å². The minimum Gasteiger partial charge on any atom is -0.326 e. The molecular formula is C11H11FN2O2S2. The van der Waals surface area contributed by atoms with Crippen LogP contribution in [0.5, 0.6) is 0 Å². The van der Waals surface area contributed by atoms with E-state index in [2.05, 4.69) is 4.72 Å². The Bertz CT molecular complexity index is 635. The molecule has 2 aromatic rings. The summed E-state index contributed by atoms with van der Waals surface area (Å²) in [6, 6.07) is 6.60. The largest absolute Gasteiger partial charge is 0.326 e. The molecule has 0 aliphatic heterocycles. The number of nitrogens with one attached hydrogen (secondary N) is 1. The summed E-state index contributed by atoms with van der Waals surface area (Å²) in [4.78, 5) is 0.754. The highest BCUT2D eigenvalue weighted by Crippen LogP contribution is 2.23. The van der Waals surface area contributed by atoms with Crippen LogP contribution in [0.4, 0.5) is 10.1 Å². The fourth-order valence-electron chi connectivity index (χ4n) is 1.45. The van der Waals surface area contributed by atoms with Crippen LogP contribution < -0.4 is 10.5 Å². The molecule has 4 nitrogen and oxygen atoms in total. The third-order valence-corrected chi connectivity index (χ3v) is 4.81. The Morgan fingerprint density at radius 3 is 2.50 bits per heavy atom.